The van der Waals surface area contributed by atoms with Gasteiger partial charge in [0.25, 0.3) is 0 Å². The lowest BCUT2D eigenvalue weighted by atomic mass is 9.92. The topological polar surface area (TPSA) is 3.24 Å². The maximum absolute atomic E-state index is 2.79. The second kappa shape index (κ2) is 7.27. The van der Waals surface area contributed by atoms with Crippen molar-refractivity contribution >= 4 is 0 Å². The number of rotatable bonds is 6. The SMILES string of the molecule is CCCCN(C(C)CC)C1CCCCC1. The Morgan fingerprint density at radius 3 is 2.33 bits per heavy atom. The maximum Gasteiger partial charge on any atom is 0.00980 e. The molecule has 0 bridgehead atoms. The van der Waals surface area contributed by atoms with Crippen LogP contribution in [-0.4, -0.2) is 23.5 Å². The van der Waals surface area contributed by atoms with Crippen LogP contribution in [0, 0.1) is 0 Å². The van der Waals surface area contributed by atoms with Crippen LogP contribution in [-0.2, 0) is 0 Å². The van der Waals surface area contributed by atoms with Gasteiger partial charge in [-0.25, -0.2) is 0 Å². The van der Waals surface area contributed by atoms with Crippen molar-refractivity contribution in [3.63, 3.8) is 0 Å². The van der Waals surface area contributed by atoms with Crippen LogP contribution in [0.25, 0.3) is 0 Å². The summed E-state index contributed by atoms with van der Waals surface area (Å²) in [5, 5.41) is 0. The lowest BCUT2D eigenvalue weighted by Crippen LogP contribution is -2.43. The van der Waals surface area contributed by atoms with E-state index < -0.39 is 0 Å². The van der Waals surface area contributed by atoms with Gasteiger partial charge < -0.3 is 0 Å². The smallest absolute Gasteiger partial charge is 0.00980 e. The van der Waals surface area contributed by atoms with E-state index in [0.717, 1.165) is 12.1 Å². The zero-order valence-electron chi connectivity index (χ0n) is 11.0. The molecule has 1 nitrogen and oxygen atoms in total. The van der Waals surface area contributed by atoms with Gasteiger partial charge in [-0.1, -0.05) is 39.5 Å². The molecule has 0 aromatic heterocycles. The van der Waals surface area contributed by atoms with Gasteiger partial charge in [0.15, 0.2) is 0 Å². The largest absolute Gasteiger partial charge is 0.298 e. The van der Waals surface area contributed by atoms with Crippen LogP contribution in [0.3, 0.4) is 0 Å². The second-order valence-corrected chi connectivity index (χ2v) is 5.14. The highest BCUT2D eigenvalue weighted by Gasteiger charge is 2.23. The fraction of sp³-hybridized carbons (Fsp3) is 1.00. The van der Waals surface area contributed by atoms with Crippen molar-refractivity contribution in [1.29, 1.82) is 0 Å². The molecular weight excluding hydrogens is 182 g/mol. The van der Waals surface area contributed by atoms with Gasteiger partial charge in [-0.3, -0.25) is 4.90 Å². The highest BCUT2D eigenvalue weighted by atomic mass is 15.2. The van der Waals surface area contributed by atoms with Gasteiger partial charge in [0.1, 0.15) is 0 Å². The van der Waals surface area contributed by atoms with Crippen molar-refractivity contribution in [1.82, 2.24) is 4.90 Å². The minimum absolute atomic E-state index is 0.791. The normalized spacial score (nSPS) is 20.8. The van der Waals surface area contributed by atoms with E-state index in [1.165, 1.54) is 57.9 Å². The van der Waals surface area contributed by atoms with Gasteiger partial charge in [0.05, 0.1) is 0 Å². The molecule has 0 saturated heterocycles. The lowest BCUT2D eigenvalue weighted by molar-refractivity contribution is 0.108. The predicted octanol–water partition coefficient (Wildman–Crippen LogP) is 4.22. The number of nitrogens with zero attached hydrogens (tertiary/aromatic N) is 1. The van der Waals surface area contributed by atoms with Crippen molar-refractivity contribution in [3.05, 3.63) is 0 Å². The van der Waals surface area contributed by atoms with Crippen molar-refractivity contribution < 1.29 is 0 Å². The Kier molecular flexibility index (Phi) is 6.31. The van der Waals surface area contributed by atoms with E-state index in [1.807, 2.05) is 0 Å². The summed E-state index contributed by atoms with van der Waals surface area (Å²) >= 11 is 0. The molecule has 0 aliphatic heterocycles. The van der Waals surface area contributed by atoms with E-state index in [1.54, 1.807) is 0 Å². The van der Waals surface area contributed by atoms with Crippen molar-refractivity contribution in [2.24, 2.45) is 0 Å². The first-order chi connectivity index (χ1) is 7.29. The summed E-state index contributed by atoms with van der Waals surface area (Å²) in [6.07, 6.45) is 11.3. The molecule has 0 radical (unpaired) electrons. The van der Waals surface area contributed by atoms with E-state index in [9.17, 15) is 0 Å². The first-order valence-electron chi connectivity index (χ1n) is 7.05. The summed E-state index contributed by atoms with van der Waals surface area (Å²) in [6, 6.07) is 1.69. The molecule has 1 rings (SSSR count). The van der Waals surface area contributed by atoms with Crippen molar-refractivity contribution in [2.75, 3.05) is 6.54 Å². The fourth-order valence-corrected chi connectivity index (χ4v) is 2.75. The van der Waals surface area contributed by atoms with E-state index in [2.05, 4.69) is 25.7 Å². The highest BCUT2D eigenvalue weighted by molar-refractivity contribution is 4.79. The minimum atomic E-state index is 0.791. The minimum Gasteiger partial charge on any atom is -0.298 e. The second-order valence-electron chi connectivity index (χ2n) is 5.14. The van der Waals surface area contributed by atoms with Gasteiger partial charge >= 0.3 is 0 Å². The molecule has 1 heteroatoms. The molecule has 1 fully saturated rings. The zero-order valence-corrected chi connectivity index (χ0v) is 11.0. The Hall–Kier alpha value is -0.0400. The number of unbranched alkanes of at least 4 members (excludes halogenated alkanes) is 1. The van der Waals surface area contributed by atoms with Gasteiger partial charge in [-0.2, -0.15) is 0 Å². The number of hydrogen-bond acceptors (Lipinski definition) is 1. The Morgan fingerprint density at radius 2 is 1.80 bits per heavy atom. The van der Waals surface area contributed by atoms with E-state index >= 15 is 0 Å². The van der Waals surface area contributed by atoms with Gasteiger partial charge in [-0.15, -0.1) is 0 Å². The summed E-state index contributed by atoms with van der Waals surface area (Å²) in [4.78, 5) is 2.79. The lowest BCUT2D eigenvalue weighted by Gasteiger charge is -2.38. The Morgan fingerprint density at radius 1 is 1.13 bits per heavy atom. The van der Waals surface area contributed by atoms with Crippen LogP contribution >= 0.6 is 0 Å². The average Bonchev–Trinajstić information content (AvgIpc) is 2.30. The molecule has 1 aliphatic rings. The van der Waals surface area contributed by atoms with Gasteiger partial charge in [-0.05, 0) is 39.2 Å². The molecular formula is C14H29N. The van der Waals surface area contributed by atoms with Gasteiger partial charge in [0, 0.05) is 12.1 Å². The molecule has 0 heterocycles. The Bertz CT molecular complexity index is 149. The van der Waals surface area contributed by atoms with Crippen LogP contribution in [0.2, 0.25) is 0 Å². The van der Waals surface area contributed by atoms with Crippen LogP contribution in [0.1, 0.15) is 72.1 Å². The molecule has 0 amide bonds. The van der Waals surface area contributed by atoms with Crippen LogP contribution in [0.4, 0.5) is 0 Å². The maximum atomic E-state index is 2.79. The van der Waals surface area contributed by atoms with E-state index in [4.69, 9.17) is 0 Å². The summed E-state index contributed by atoms with van der Waals surface area (Å²) in [7, 11) is 0. The standard InChI is InChI=1S/C14H29N/c1-4-6-12-15(13(3)5-2)14-10-8-7-9-11-14/h13-14H,4-12H2,1-3H3. The third-order valence-corrected chi connectivity index (χ3v) is 3.97. The van der Waals surface area contributed by atoms with Gasteiger partial charge in [0.2, 0.25) is 0 Å². The van der Waals surface area contributed by atoms with Crippen LogP contribution < -0.4 is 0 Å². The molecule has 1 unspecified atom stereocenters. The zero-order chi connectivity index (χ0) is 11.1. The Balaban J connectivity index is 2.45. The predicted molar refractivity (Wildman–Crippen MR) is 68.2 cm³/mol. The van der Waals surface area contributed by atoms with Crippen molar-refractivity contribution in [2.45, 2.75) is 84.2 Å². The molecule has 0 aromatic rings. The van der Waals surface area contributed by atoms with E-state index in [0.29, 0.717) is 0 Å². The third-order valence-electron chi connectivity index (χ3n) is 3.97. The Labute approximate surface area is 96.2 Å². The summed E-state index contributed by atoms with van der Waals surface area (Å²) in [6.45, 7) is 8.36. The molecule has 15 heavy (non-hydrogen) atoms. The first kappa shape index (κ1) is 13.0. The molecule has 0 N–H and O–H groups in total. The summed E-state index contributed by atoms with van der Waals surface area (Å²) in [5.74, 6) is 0. The number of hydrogen-bond donors (Lipinski definition) is 0. The fourth-order valence-electron chi connectivity index (χ4n) is 2.75. The summed E-state index contributed by atoms with van der Waals surface area (Å²) < 4.78 is 0. The average molecular weight is 211 g/mol. The molecule has 1 aliphatic carbocycles. The first-order valence-corrected chi connectivity index (χ1v) is 7.05. The molecule has 0 aromatic carbocycles. The van der Waals surface area contributed by atoms with Crippen molar-refractivity contribution in [3.8, 4) is 0 Å². The molecule has 90 valence electrons. The van der Waals surface area contributed by atoms with E-state index in [-0.39, 0.29) is 0 Å². The highest BCUT2D eigenvalue weighted by Crippen LogP contribution is 2.25. The van der Waals surface area contributed by atoms with Crippen LogP contribution in [0.5, 0.6) is 0 Å². The van der Waals surface area contributed by atoms with Crippen LogP contribution in [0.15, 0.2) is 0 Å². The summed E-state index contributed by atoms with van der Waals surface area (Å²) in [5.41, 5.74) is 0. The molecule has 1 atom stereocenters. The monoisotopic (exact) mass is 211 g/mol. The molecule has 0 spiro atoms. The quantitative estimate of drug-likeness (QED) is 0.636. The third kappa shape index (κ3) is 4.14. The molecule has 1 saturated carbocycles.